The number of pyridine rings is 1. The molecule has 0 aliphatic carbocycles. The lowest BCUT2D eigenvalue weighted by Gasteiger charge is -2.13. The Labute approximate surface area is 150 Å². The van der Waals surface area contributed by atoms with Crippen molar-refractivity contribution in [1.82, 2.24) is 19.7 Å². The van der Waals surface area contributed by atoms with Gasteiger partial charge in [-0.3, -0.25) is 9.55 Å². The number of fused-ring (bicyclic) bond motifs is 1. The van der Waals surface area contributed by atoms with Gasteiger partial charge in [-0.15, -0.1) is 0 Å². The van der Waals surface area contributed by atoms with Crippen LogP contribution < -0.4 is 5.69 Å². The largest absolute Gasteiger partial charge is 0.361 e. The molecule has 132 valence electrons. The van der Waals surface area contributed by atoms with Crippen LogP contribution in [-0.2, 0) is 7.05 Å². The van der Waals surface area contributed by atoms with E-state index in [1.54, 1.807) is 11.6 Å². The zero-order valence-electron chi connectivity index (χ0n) is 15.5. The lowest BCUT2D eigenvalue weighted by atomic mass is 9.93. The van der Waals surface area contributed by atoms with Crippen LogP contribution >= 0.6 is 0 Å². The van der Waals surface area contributed by atoms with Crippen LogP contribution in [0.5, 0.6) is 0 Å². The van der Waals surface area contributed by atoms with E-state index in [1.807, 2.05) is 46.2 Å². The number of nitrogens with one attached hydrogen (secondary N) is 1. The van der Waals surface area contributed by atoms with E-state index in [1.165, 1.54) is 0 Å². The molecule has 4 rings (SSSR count). The Morgan fingerprint density at radius 2 is 1.73 bits per heavy atom. The van der Waals surface area contributed by atoms with Crippen molar-refractivity contribution < 1.29 is 4.52 Å². The number of aryl methyl sites for hydroxylation is 5. The second-order valence-electron chi connectivity index (χ2n) is 6.76. The molecule has 6 nitrogen and oxygen atoms in total. The van der Waals surface area contributed by atoms with Crippen molar-refractivity contribution in [2.75, 3.05) is 0 Å². The van der Waals surface area contributed by atoms with Crippen molar-refractivity contribution in [3.05, 3.63) is 57.6 Å². The molecule has 0 aliphatic rings. The molecule has 0 fully saturated rings. The molecule has 3 aromatic heterocycles. The summed E-state index contributed by atoms with van der Waals surface area (Å²) >= 11 is 0. The topological polar surface area (TPSA) is 76.7 Å². The Kier molecular flexibility index (Phi) is 3.57. The third kappa shape index (κ3) is 2.29. The van der Waals surface area contributed by atoms with Gasteiger partial charge in [0.15, 0.2) is 0 Å². The van der Waals surface area contributed by atoms with E-state index in [4.69, 9.17) is 4.52 Å². The second kappa shape index (κ2) is 5.69. The number of nitrogens with zero attached hydrogens (tertiary/aromatic N) is 3. The summed E-state index contributed by atoms with van der Waals surface area (Å²) in [6.45, 7) is 7.89. The van der Waals surface area contributed by atoms with Crippen LogP contribution in [0.3, 0.4) is 0 Å². The second-order valence-corrected chi connectivity index (χ2v) is 6.76. The summed E-state index contributed by atoms with van der Waals surface area (Å²) in [4.78, 5) is 19.5. The van der Waals surface area contributed by atoms with Gasteiger partial charge in [-0.25, -0.2) is 4.79 Å². The zero-order valence-corrected chi connectivity index (χ0v) is 15.5. The highest BCUT2D eigenvalue weighted by Gasteiger charge is 2.19. The molecule has 4 aromatic rings. The summed E-state index contributed by atoms with van der Waals surface area (Å²) in [6.07, 6.45) is 3.70. The number of aromatic amines is 1. The maximum Gasteiger partial charge on any atom is 0.326 e. The smallest absolute Gasteiger partial charge is 0.326 e. The number of hydrogen-bond donors (Lipinski definition) is 1. The van der Waals surface area contributed by atoms with Gasteiger partial charge < -0.3 is 9.51 Å². The van der Waals surface area contributed by atoms with Crippen molar-refractivity contribution >= 4 is 11.0 Å². The van der Waals surface area contributed by atoms with E-state index in [-0.39, 0.29) is 5.69 Å². The molecule has 0 aliphatic heterocycles. The molecule has 0 saturated carbocycles. The molecule has 6 heteroatoms. The Morgan fingerprint density at radius 1 is 1.04 bits per heavy atom. The predicted molar refractivity (Wildman–Crippen MR) is 101 cm³/mol. The third-order valence-corrected chi connectivity index (χ3v) is 4.91. The van der Waals surface area contributed by atoms with Gasteiger partial charge in [-0.1, -0.05) is 5.16 Å². The first-order valence-electron chi connectivity index (χ1n) is 8.46. The average Bonchev–Trinajstić information content (AvgIpc) is 3.06. The van der Waals surface area contributed by atoms with Crippen molar-refractivity contribution in [3.8, 4) is 22.3 Å². The summed E-state index contributed by atoms with van der Waals surface area (Å²) in [5.74, 6) is 0.759. The summed E-state index contributed by atoms with van der Waals surface area (Å²) in [5, 5.41) is 4.07. The highest BCUT2D eigenvalue weighted by Crippen LogP contribution is 2.37. The van der Waals surface area contributed by atoms with Crippen LogP contribution in [0.25, 0.3) is 33.3 Å². The van der Waals surface area contributed by atoms with Crippen LogP contribution in [0.15, 0.2) is 33.8 Å². The molecule has 1 N–H and O–H groups in total. The maximum atomic E-state index is 12.3. The SMILES string of the molecule is Cc1cncc(C)c1-c1cc(-c2c(C)noc2C)cc2[nH]c(=O)n(C)c12. The standard InChI is InChI=1S/C20H20N4O2/c1-10-8-21-9-11(2)17(10)15-6-14(18-12(3)23-26-13(18)4)7-16-19(15)24(5)20(25)22-16/h6-9H,1-5H3,(H,22,25). The minimum atomic E-state index is -0.137. The molecule has 0 saturated heterocycles. The minimum absolute atomic E-state index is 0.137. The van der Waals surface area contributed by atoms with E-state index >= 15 is 0 Å². The maximum absolute atomic E-state index is 12.3. The van der Waals surface area contributed by atoms with Gasteiger partial charge in [-0.2, -0.15) is 0 Å². The van der Waals surface area contributed by atoms with Crippen LogP contribution in [0.1, 0.15) is 22.6 Å². The van der Waals surface area contributed by atoms with Gasteiger partial charge in [0.05, 0.1) is 16.7 Å². The highest BCUT2D eigenvalue weighted by molar-refractivity contribution is 5.98. The third-order valence-electron chi connectivity index (χ3n) is 4.91. The molecule has 0 radical (unpaired) electrons. The molecule has 0 amide bonds. The number of rotatable bonds is 2. The Morgan fingerprint density at radius 3 is 2.35 bits per heavy atom. The molecule has 26 heavy (non-hydrogen) atoms. The molecular weight excluding hydrogens is 328 g/mol. The molecule has 0 spiro atoms. The van der Waals surface area contributed by atoms with E-state index < -0.39 is 0 Å². The van der Waals surface area contributed by atoms with Crippen molar-refractivity contribution in [2.24, 2.45) is 7.05 Å². The lowest BCUT2D eigenvalue weighted by Crippen LogP contribution is -2.12. The number of aromatic nitrogens is 4. The number of hydrogen-bond acceptors (Lipinski definition) is 4. The number of benzene rings is 1. The van der Waals surface area contributed by atoms with E-state index in [0.717, 1.165) is 55.9 Å². The normalized spacial score (nSPS) is 11.4. The Hall–Kier alpha value is -3.15. The molecule has 0 unspecified atom stereocenters. The van der Waals surface area contributed by atoms with Crippen LogP contribution in [0.4, 0.5) is 0 Å². The van der Waals surface area contributed by atoms with Gasteiger partial charge in [0.25, 0.3) is 0 Å². The van der Waals surface area contributed by atoms with E-state index in [2.05, 4.69) is 21.2 Å². The highest BCUT2D eigenvalue weighted by atomic mass is 16.5. The molecule has 0 bridgehead atoms. The van der Waals surface area contributed by atoms with Gasteiger partial charge >= 0.3 is 5.69 Å². The van der Waals surface area contributed by atoms with Crippen molar-refractivity contribution in [1.29, 1.82) is 0 Å². The summed E-state index contributed by atoms with van der Waals surface area (Å²) in [6, 6.07) is 4.09. The zero-order chi connectivity index (χ0) is 18.6. The van der Waals surface area contributed by atoms with Gasteiger partial charge in [-0.05, 0) is 62.1 Å². The summed E-state index contributed by atoms with van der Waals surface area (Å²) in [7, 11) is 1.78. The lowest BCUT2D eigenvalue weighted by molar-refractivity contribution is 0.393. The predicted octanol–water partition coefficient (Wildman–Crippen LogP) is 3.82. The fourth-order valence-electron chi connectivity index (χ4n) is 3.75. The van der Waals surface area contributed by atoms with Gasteiger partial charge in [0.2, 0.25) is 0 Å². The average molecular weight is 348 g/mol. The Balaban J connectivity index is 2.16. The van der Waals surface area contributed by atoms with Crippen LogP contribution in [0.2, 0.25) is 0 Å². The molecule has 0 atom stereocenters. The monoisotopic (exact) mass is 348 g/mol. The summed E-state index contributed by atoms with van der Waals surface area (Å²) in [5.41, 5.74) is 8.51. The Bertz CT molecular complexity index is 1170. The van der Waals surface area contributed by atoms with Crippen LogP contribution in [0, 0.1) is 27.7 Å². The fourth-order valence-corrected chi connectivity index (χ4v) is 3.75. The first-order valence-corrected chi connectivity index (χ1v) is 8.46. The number of H-pyrrole nitrogens is 1. The molecule has 3 heterocycles. The quantitative estimate of drug-likeness (QED) is 0.597. The summed E-state index contributed by atoms with van der Waals surface area (Å²) < 4.78 is 7.00. The first kappa shape index (κ1) is 16.3. The minimum Gasteiger partial charge on any atom is -0.361 e. The molecular formula is C20H20N4O2. The molecule has 1 aromatic carbocycles. The van der Waals surface area contributed by atoms with Crippen molar-refractivity contribution in [2.45, 2.75) is 27.7 Å². The first-order chi connectivity index (χ1) is 12.4. The fraction of sp³-hybridized carbons (Fsp3) is 0.250. The van der Waals surface area contributed by atoms with Crippen molar-refractivity contribution in [3.63, 3.8) is 0 Å². The van der Waals surface area contributed by atoms with E-state index in [0.29, 0.717) is 0 Å². The number of imidazole rings is 1. The van der Waals surface area contributed by atoms with Crippen LogP contribution in [-0.4, -0.2) is 19.7 Å². The van der Waals surface area contributed by atoms with Gasteiger partial charge in [0.1, 0.15) is 5.76 Å². The van der Waals surface area contributed by atoms with E-state index in [9.17, 15) is 4.79 Å². The van der Waals surface area contributed by atoms with Gasteiger partial charge in [0, 0.05) is 30.6 Å².